The number of hydrogen-bond acceptors (Lipinski definition) is 3. The Morgan fingerprint density at radius 3 is 3.00 bits per heavy atom. The highest BCUT2D eigenvalue weighted by Gasteiger charge is 2.27. The van der Waals surface area contributed by atoms with Crippen molar-refractivity contribution in [2.24, 2.45) is 0 Å². The summed E-state index contributed by atoms with van der Waals surface area (Å²) in [5.41, 5.74) is 2.83. The zero-order chi connectivity index (χ0) is 14.5. The van der Waals surface area contributed by atoms with Crippen LogP contribution in [-0.4, -0.2) is 19.2 Å². The molecule has 2 nitrogen and oxygen atoms in total. The van der Waals surface area contributed by atoms with Crippen LogP contribution < -0.4 is 5.32 Å². The summed E-state index contributed by atoms with van der Waals surface area (Å²) in [5.74, 6) is 0. The zero-order valence-electron chi connectivity index (χ0n) is 12.5. The molecule has 1 aromatic carbocycles. The summed E-state index contributed by atoms with van der Waals surface area (Å²) in [7, 11) is 0. The molecular formula is C18H23NOS. The molecule has 3 heteroatoms. The number of fused-ring (bicyclic) bond motifs is 1. The van der Waals surface area contributed by atoms with Gasteiger partial charge in [-0.15, -0.1) is 11.3 Å². The van der Waals surface area contributed by atoms with Gasteiger partial charge in [0.25, 0.3) is 0 Å². The fourth-order valence-electron chi connectivity index (χ4n) is 3.13. The summed E-state index contributed by atoms with van der Waals surface area (Å²) < 4.78 is 6.13. The van der Waals surface area contributed by atoms with E-state index in [1.807, 2.05) is 11.3 Å². The molecule has 0 spiro atoms. The van der Waals surface area contributed by atoms with Gasteiger partial charge in [-0.2, -0.15) is 0 Å². The van der Waals surface area contributed by atoms with Crippen molar-refractivity contribution < 1.29 is 4.74 Å². The maximum Gasteiger partial charge on any atom is 0.0980 e. The Labute approximate surface area is 131 Å². The van der Waals surface area contributed by atoms with E-state index in [4.69, 9.17) is 4.74 Å². The van der Waals surface area contributed by atoms with Gasteiger partial charge in [-0.05, 0) is 48.4 Å². The largest absolute Gasteiger partial charge is 0.372 e. The van der Waals surface area contributed by atoms with Crippen molar-refractivity contribution >= 4 is 11.3 Å². The Kier molecular flexibility index (Phi) is 5.07. The van der Waals surface area contributed by atoms with Crippen molar-refractivity contribution in [2.45, 2.75) is 38.3 Å². The highest BCUT2D eigenvalue weighted by Crippen LogP contribution is 2.31. The molecule has 1 N–H and O–H groups in total. The molecule has 0 fully saturated rings. The zero-order valence-corrected chi connectivity index (χ0v) is 13.4. The molecule has 2 atom stereocenters. The van der Waals surface area contributed by atoms with Crippen LogP contribution in [0, 0.1) is 0 Å². The maximum absolute atomic E-state index is 6.13. The van der Waals surface area contributed by atoms with Crippen molar-refractivity contribution in [3.63, 3.8) is 0 Å². The van der Waals surface area contributed by atoms with Crippen molar-refractivity contribution in [1.82, 2.24) is 5.32 Å². The van der Waals surface area contributed by atoms with Crippen LogP contribution in [0.3, 0.4) is 0 Å². The monoisotopic (exact) mass is 301 g/mol. The molecule has 21 heavy (non-hydrogen) atoms. The van der Waals surface area contributed by atoms with Gasteiger partial charge in [-0.1, -0.05) is 37.3 Å². The highest BCUT2D eigenvalue weighted by atomic mass is 32.1. The summed E-state index contributed by atoms with van der Waals surface area (Å²) in [4.78, 5) is 1.46. The predicted octanol–water partition coefficient (Wildman–Crippen LogP) is 3.97. The molecule has 0 aliphatic carbocycles. The van der Waals surface area contributed by atoms with Crippen LogP contribution in [0.1, 0.15) is 35.5 Å². The van der Waals surface area contributed by atoms with Gasteiger partial charge < -0.3 is 10.1 Å². The van der Waals surface area contributed by atoms with E-state index in [0.29, 0.717) is 6.04 Å². The Hall–Kier alpha value is -1.16. The van der Waals surface area contributed by atoms with Crippen molar-refractivity contribution in [3.8, 4) is 0 Å². The van der Waals surface area contributed by atoms with Gasteiger partial charge in [0.2, 0.25) is 0 Å². The minimum Gasteiger partial charge on any atom is -0.372 e. The minimum absolute atomic E-state index is 0.190. The SMILES string of the molecule is CCNC(CCc1cccs1)C1OCCc2ccccc21. The number of hydrogen-bond donors (Lipinski definition) is 1. The second kappa shape index (κ2) is 7.21. The molecule has 0 saturated heterocycles. The van der Waals surface area contributed by atoms with Gasteiger partial charge in [0.15, 0.2) is 0 Å². The molecule has 112 valence electrons. The number of rotatable bonds is 6. The lowest BCUT2D eigenvalue weighted by Gasteiger charge is -2.33. The first-order valence-corrected chi connectivity index (χ1v) is 8.71. The first-order valence-electron chi connectivity index (χ1n) is 7.83. The number of ether oxygens (including phenoxy) is 1. The van der Waals surface area contributed by atoms with Gasteiger partial charge in [0.05, 0.1) is 12.7 Å². The van der Waals surface area contributed by atoms with Crippen LogP contribution in [-0.2, 0) is 17.6 Å². The van der Waals surface area contributed by atoms with Crippen molar-refractivity contribution in [1.29, 1.82) is 0 Å². The molecule has 0 amide bonds. The van der Waals surface area contributed by atoms with E-state index in [2.05, 4.69) is 54.0 Å². The van der Waals surface area contributed by atoms with Crippen molar-refractivity contribution in [2.75, 3.05) is 13.2 Å². The summed E-state index contributed by atoms with van der Waals surface area (Å²) in [6.07, 6.45) is 3.47. The number of benzene rings is 1. The van der Waals surface area contributed by atoms with E-state index < -0.39 is 0 Å². The predicted molar refractivity (Wildman–Crippen MR) is 88.9 cm³/mol. The summed E-state index contributed by atoms with van der Waals surface area (Å²) in [5, 5.41) is 5.79. The smallest absolute Gasteiger partial charge is 0.0980 e. The molecule has 2 unspecified atom stereocenters. The normalized spacial score (nSPS) is 19.2. The Morgan fingerprint density at radius 2 is 2.19 bits per heavy atom. The lowest BCUT2D eigenvalue weighted by Crippen LogP contribution is -2.38. The van der Waals surface area contributed by atoms with E-state index in [9.17, 15) is 0 Å². The van der Waals surface area contributed by atoms with Crippen LogP contribution in [0.4, 0.5) is 0 Å². The fourth-order valence-corrected chi connectivity index (χ4v) is 3.86. The molecule has 3 rings (SSSR count). The molecule has 0 saturated carbocycles. The molecule has 2 heterocycles. The quantitative estimate of drug-likeness (QED) is 0.871. The number of aryl methyl sites for hydroxylation is 1. The van der Waals surface area contributed by atoms with Gasteiger partial charge in [-0.3, -0.25) is 0 Å². The standard InChI is InChI=1S/C18H23NOS/c1-2-19-17(10-9-15-7-5-13-21-15)18-16-8-4-3-6-14(16)11-12-20-18/h3-8,13,17-19H,2,9-12H2,1H3. The third-order valence-corrected chi connectivity index (χ3v) is 5.08. The molecule has 1 aliphatic heterocycles. The molecule has 1 aromatic heterocycles. The van der Waals surface area contributed by atoms with Gasteiger partial charge in [0.1, 0.15) is 0 Å². The van der Waals surface area contributed by atoms with Crippen LogP contribution in [0.25, 0.3) is 0 Å². The lowest BCUT2D eigenvalue weighted by molar-refractivity contribution is 0.0138. The van der Waals surface area contributed by atoms with Gasteiger partial charge >= 0.3 is 0 Å². The molecule has 1 aliphatic rings. The molecule has 0 bridgehead atoms. The van der Waals surface area contributed by atoms with Crippen LogP contribution >= 0.6 is 11.3 Å². The van der Waals surface area contributed by atoms with Crippen LogP contribution in [0.5, 0.6) is 0 Å². The summed E-state index contributed by atoms with van der Waals surface area (Å²) >= 11 is 1.85. The number of likely N-dealkylation sites (N-methyl/N-ethyl adjacent to an activating group) is 1. The number of nitrogens with one attached hydrogen (secondary N) is 1. The number of thiophene rings is 1. The Balaban J connectivity index is 1.74. The van der Waals surface area contributed by atoms with E-state index in [-0.39, 0.29) is 6.10 Å². The fraction of sp³-hybridized carbons (Fsp3) is 0.444. The first kappa shape index (κ1) is 14.8. The van der Waals surface area contributed by atoms with Gasteiger partial charge in [-0.25, -0.2) is 0 Å². The van der Waals surface area contributed by atoms with E-state index in [1.165, 1.54) is 16.0 Å². The Morgan fingerprint density at radius 1 is 1.29 bits per heavy atom. The molecule has 2 aromatic rings. The topological polar surface area (TPSA) is 21.3 Å². The second-order valence-electron chi connectivity index (χ2n) is 5.52. The Bertz CT molecular complexity index is 552. The average Bonchev–Trinajstić information content (AvgIpc) is 3.04. The third kappa shape index (κ3) is 3.54. The molecular weight excluding hydrogens is 278 g/mol. The van der Waals surface area contributed by atoms with E-state index in [0.717, 1.165) is 32.4 Å². The highest BCUT2D eigenvalue weighted by molar-refractivity contribution is 7.09. The van der Waals surface area contributed by atoms with E-state index >= 15 is 0 Å². The summed E-state index contributed by atoms with van der Waals surface area (Å²) in [6, 6.07) is 13.5. The van der Waals surface area contributed by atoms with Crippen molar-refractivity contribution in [3.05, 3.63) is 57.8 Å². The summed E-state index contributed by atoms with van der Waals surface area (Å²) in [6.45, 7) is 3.99. The average molecular weight is 301 g/mol. The van der Waals surface area contributed by atoms with Gasteiger partial charge in [0, 0.05) is 10.9 Å². The first-order chi connectivity index (χ1) is 10.4. The second-order valence-corrected chi connectivity index (χ2v) is 6.55. The maximum atomic E-state index is 6.13. The third-order valence-electron chi connectivity index (χ3n) is 4.14. The van der Waals surface area contributed by atoms with E-state index in [1.54, 1.807) is 0 Å². The van der Waals surface area contributed by atoms with Crippen LogP contribution in [0.15, 0.2) is 41.8 Å². The molecule has 0 radical (unpaired) electrons. The lowest BCUT2D eigenvalue weighted by atomic mass is 9.91. The minimum atomic E-state index is 0.190. The van der Waals surface area contributed by atoms with Crippen LogP contribution in [0.2, 0.25) is 0 Å².